The first-order chi connectivity index (χ1) is 8.74. The van der Waals surface area contributed by atoms with Gasteiger partial charge in [0.05, 0.1) is 6.10 Å². The lowest BCUT2D eigenvalue weighted by Gasteiger charge is -2.21. The number of hydrogen-bond donors (Lipinski definition) is 1. The summed E-state index contributed by atoms with van der Waals surface area (Å²) in [6.45, 7) is 3.82. The van der Waals surface area contributed by atoms with Gasteiger partial charge in [0.25, 0.3) is 0 Å². The minimum absolute atomic E-state index is 0.134. The molecule has 0 fully saturated rings. The maximum Gasteiger partial charge on any atom is 0.0905 e. The lowest BCUT2D eigenvalue weighted by molar-refractivity contribution is 0.161. The Morgan fingerprint density at radius 2 is 1.94 bits per heavy atom. The number of nitrogens with zero attached hydrogens (tertiary/aromatic N) is 1. The largest absolute Gasteiger partial charge is 0.387 e. The van der Waals surface area contributed by atoms with Gasteiger partial charge in [-0.25, -0.2) is 0 Å². The molecule has 0 amide bonds. The third kappa shape index (κ3) is 2.68. The number of pyridine rings is 1. The third-order valence-corrected chi connectivity index (χ3v) is 3.56. The van der Waals surface area contributed by atoms with Crippen LogP contribution in [-0.2, 0) is 0 Å². The highest BCUT2D eigenvalue weighted by molar-refractivity contribution is 9.10. The first-order valence-electron chi connectivity index (χ1n) is 5.69. The number of rotatable bonds is 4. The van der Waals surface area contributed by atoms with E-state index in [0.717, 1.165) is 15.6 Å². The lowest BCUT2D eigenvalue weighted by atomic mass is 9.90. The summed E-state index contributed by atoms with van der Waals surface area (Å²) < 4.78 is 0.806. The first kappa shape index (κ1) is 13.0. The second kappa shape index (κ2) is 5.94. The molecule has 0 saturated heterocycles. The van der Waals surface area contributed by atoms with Crippen LogP contribution in [0.5, 0.6) is 0 Å². The average molecular weight is 304 g/mol. The van der Waals surface area contributed by atoms with Gasteiger partial charge in [0.2, 0.25) is 0 Å². The monoisotopic (exact) mass is 303 g/mol. The normalized spacial score (nSPS) is 13.9. The molecule has 18 heavy (non-hydrogen) atoms. The molecule has 1 aromatic heterocycles. The molecule has 0 saturated carbocycles. The smallest absolute Gasteiger partial charge is 0.0905 e. The predicted octanol–water partition coefficient (Wildman–Crippen LogP) is 3.85. The number of benzene rings is 1. The third-order valence-electron chi connectivity index (χ3n) is 2.90. The molecular formula is C15H14BrNO. The van der Waals surface area contributed by atoms with Gasteiger partial charge in [-0.05, 0) is 33.1 Å². The summed E-state index contributed by atoms with van der Waals surface area (Å²) in [4.78, 5) is 4.00. The van der Waals surface area contributed by atoms with Crippen LogP contribution in [0.3, 0.4) is 0 Å². The SMILES string of the molecule is C=CC(c1ccccc1)C(O)c1ccncc1Br. The second-order valence-corrected chi connectivity index (χ2v) is 4.87. The van der Waals surface area contributed by atoms with Crippen molar-refractivity contribution in [1.82, 2.24) is 4.98 Å². The Kier molecular flexibility index (Phi) is 4.28. The van der Waals surface area contributed by atoms with E-state index in [1.165, 1.54) is 0 Å². The standard InChI is InChI=1S/C15H14BrNO/c1-2-12(11-6-4-3-5-7-11)15(18)13-8-9-17-10-14(13)16/h2-10,12,15,18H,1H2. The molecule has 1 aromatic carbocycles. The molecule has 92 valence electrons. The Hall–Kier alpha value is -1.45. The summed E-state index contributed by atoms with van der Waals surface area (Å²) in [5.41, 5.74) is 1.86. The predicted molar refractivity (Wildman–Crippen MR) is 76.3 cm³/mol. The summed E-state index contributed by atoms with van der Waals surface area (Å²) in [5, 5.41) is 10.5. The van der Waals surface area contributed by atoms with E-state index < -0.39 is 6.10 Å². The zero-order valence-electron chi connectivity index (χ0n) is 9.83. The summed E-state index contributed by atoms with van der Waals surface area (Å²) in [7, 11) is 0. The maximum atomic E-state index is 10.5. The van der Waals surface area contributed by atoms with Crippen LogP contribution < -0.4 is 0 Å². The van der Waals surface area contributed by atoms with Crippen molar-refractivity contribution in [3.8, 4) is 0 Å². The van der Waals surface area contributed by atoms with Gasteiger partial charge in [-0.15, -0.1) is 6.58 Å². The van der Waals surface area contributed by atoms with Crippen LogP contribution in [0, 0.1) is 0 Å². The molecule has 2 aromatic rings. The van der Waals surface area contributed by atoms with Gasteiger partial charge in [0.1, 0.15) is 0 Å². The fraction of sp³-hybridized carbons (Fsp3) is 0.133. The van der Waals surface area contributed by atoms with Crippen LogP contribution >= 0.6 is 15.9 Å². The quantitative estimate of drug-likeness (QED) is 0.870. The van der Waals surface area contributed by atoms with E-state index in [9.17, 15) is 5.11 Å². The van der Waals surface area contributed by atoms with Crippen molar-refractivity contribution in [2.75, 3.05) is 0 Å². The van der Waals surface area contributed by atoms with Gasteiger partial charge in [-0.3, -0.25) is 4.98 Å². The fourth-order valence-corrected chi connectivity index (χ4v) is 2.43. The van der Waals surface area contributed by atoms with Gasteiger partial charge in [0, 0.05) is 22.8 Å². The van der Waals surface area contributed by atoms with Gasteiger partial charge >= 0.3 is 0 Å². The summed E-state index contributed by atoms with van der Waals surface area (Å²) >= 11 is 3.41. The highest BCUT2D eigenvalue weighted by atomic mass is 79.9. The van der Waals surface area contributed by atoms with E-state index in [2.05, 4.69) is 27.5 Å². The topological polar surface area (TPSA) is 33.1 Å². The van der Waals surface area contributed by atoms with Gasteiger partial charge < -0.3 is 5.11 Å². The van der Waals surface area contributed by atoms with E-state index in [-0.39, 0.29) is 5.92 Å². The summed E-state index contributed by atoms with van der Waals surface area (Å²) in [5.74, 6) is -0.134. The molecule has 0 bridgehead atoms. The zero-order valence-corrected chi connectivity index (χ0v) is 11.4. The van der Waals surface area contributed by atoms with Crippen molar-refractivity contribution in [2.24, 2.45) is 0 Å². The molecule has 1 N–H and O–H groups in total. The fourth-order valence-electron chi connectivity index (χ4n) is 1.94. The van der Waals surface area contributed by atoms with Crippen molar-refractivity contribution < 1.29 is 5.11 Å². The summed E-state index contributed by atoms with van der Waals surface area (Å²) in [6, 6.07) is 11.7. The van der Waals surface area contributed by atoms with E-state index in [1.807, 2.05) is 36.4 Å². The Morgan fingerprint density at radius 1 is 1.22 bits per heavy atom. The minimum Gasteiger partial charge on any atom is -0.387 e. The van der Waals surface area contributed by atoms with E-state index >= 15 is 0 Å². The molecule has 2 nitrogen and oxygen atoms in total. The molecule has 0 aliphatic carbocycles. The number of aromatic nitrogens is 1. The molecule has 2 rings (SSSR count). The molecule has 0 aliphatic heterocycles. The average Bonchev–Trinajstić information content (AvgIpc) is 2.41. The molecule has 0 aliphatic rings. The molecule has 0 spiro atoms. The molecule has 3 heteroatoms. The van der Waals surface area contributed by atoms with Crippen molar-refractivity contribution in [3.05, 3.63) is 77.0 Å². The lowest BCUT2D eigenvalue weighted by Crippen LogP contribution is -2.09. The number of aliphatic hydroxyl groups is 1. The van der Waals surface area contributed by atoms with Crippen LogP contribution in [0.1, 0.15) is 23.1 Å². The van der Waals surface area contributed by atoms with E-state index in [0.29, 0.717) is 0 Å². The Bertz CT molecular complexity index is 527. The van der Waals surface area contributed by atoms with Crippen molar-refractivity contribution in [1.29, 1.82) is 0 Å². The minimum atomic E-state index is -0.637. The Balaban J connectivity index is 2.35. The highest BCUT2D eigenvalue weighted by Gasteiger charge is 2.21. The molecular weight excluding hydrogens is 290 g/mol. The van der Waals surface area contributed by atoms with Crippen molar-refractivity contribution in [2.45, 2.75) is 12.0 Å². The van der Waals surface area contributed by atoms with Crippen molar-refractivity contribution >= 4 is 15.9 Å². The van der Waals surface area contributed by atoms with Crippen LogP contribution in [0.15, 0.2) is 65.9 Å². The summed E-state index contributed by atoms with van der Waals surface area (Å²) in [6.07, 6.45) is 4.49. The Labute approximate surface area is 115 Å². The second-order valence-electron chi connectivity index (χ2n) is 4.01. The van der Waals surface area contributed by atoms with E-state index in [4.69, 9.17) is 0 Å². The van der Waals surface area contributed by atoms with E-state index in [1.54, 1.807) is 18.5 Å². The van der Waals surface area contributed by atoms with Crippen molar-refractivity contribution in [3.63, 3.8) is 0 Å². The number of hydrogen-bond acceptors (Lipinski definition) is 2. The number of halogens is 1. The molecule has 2 atom stereocenters. The van der Waals surface area contributed by atoms with Gasteiger partial charge in [-0.1, -0.05) is 36.4 Å². The van der Waals surface area contributed by atoms with Gasteiger partial charge in [0.15, 0.2) is 0 Å². The molecule has 2 unspecified atom stereocenters. The number of aliphatic hydroxyl groups excluding tert-OH is 1. The van der Waals surface area contributed by atoms with Crippen LogP contribution in [0.2, 0.25) is 0 Å². The zero-order chi connectivity index (χ0) is 13.0. The van der Waals surface area contributed by atoms with Crippen LogP contribution in [0.4, 0.5) is 0 Å². The highest BCUT2D eigenvalue weighted by Crippen LogP contribution is 2.34. The Morgan fingerprint density at radius 3 is 2.56 bits per heavy atom. The molecule has 1 heterocycles. The molecule has 0 radical (unpaired) electrons. The maximum absolute atomic E-state index is 10.5. The van der Waals surface area contributed by atoms with Crippen LogP contribution in [-0.4, -0.2) is 10.1 Å². The van der Waals surface area contributed by atoms with Crippen LogP contribution in [0.25, 0.3) is 0 Å². The van der Waals surface area contributed by atoms with Gasteiger partial charge in [-0.2, -0.15) is 0 Å². The first-order valence-corrected chi connectivity index (χ1v) is 6.48.